The van der Waals surface area contributed by atoms with E-state index in [4.69, 9.17) is 0 Å². The standard InChI is InChI=1S/C23H24N4O2/c1-4-12-26-13-11-16-14-17(9-10-20(16)26)24-22(28)21-18-7-5-6-8-19(18)23(29)27(25-21)15(2)3/h5-11,13-15H,4,12H2,1-3H3,(H,24,28). The van der Waals surface area contributed by atoms with Gasteiger partial charge in [0.2, 0.25) is 0 Å². The van der Waals surface area contributed by atoms with Gasteiger partial charge in [-0.05, 0) is 50.6 Å². The zero-order valence-corrected chi connectivity index (χ0v) is 16.8. The van der Waals surface area contributed by atoms with Gasteiger partial charge in [-0.25, -0.2) is 4.68 Å². The highest BCUT2D eigenvalue weighted by atomic mass is 16.2. The fourth-order valence-corrected chi connectivity index (χ4v) is 3.63. The third-order valence-electron chi connectivity index (χ3n) is 5.03. The van der Waals surface area contributed by atoms with E-state index in [0.29, 0.717) is 16.5 Å². The number of aryl methyl sites for hydroxylation is 1. The molecule has 0 saturated heterocycles. The summed E-state index contributed by atoms with van der Waals surface area (Å²) < 4.78 is 3.57. The average Bonchev–Trinajstić information content (AvgIpc) is 3.10. The predicted molar refractivity (Wildman–Crippen MR) is 117 cm³/mol. The van der Waals surface area contributed by atoms with E-state index in [2.05, 4.69) is 28.1 Å². The molecule has 0 spiro atoms. The van der Waals surface area contributed by atoms with Crippen molar-refractivity contribution in [2.75, 3.05) is 5.32 Å². The predicted octanol–water partition coefficient (Wildman–Crippen LogP) is 4.59. The molecule has 0 fully saturated rings. The molecule has 148 valence electrons. The van der Waals surface area contributed by atoms with Crippen LogP contribution in [0.25, 0.3) is 21.7 Å². The van der Waals surface area contributed by atoms with Crippen molar-refractivity contribution in [1.29, 1.82) is 0 Å². The van der Waals surface area contributed by atoms with Crippen LogP contribution < -0.4 is 10.9 Å². The second-order valence-electron chi connectivity index (χ2n) is 7.47. The molecule has 6 nitrogen and oxygen atoms in total. The van der Waals surface area contributed by atoms with Crippen molar-refractivity contribution in [3.63, 3.8) is 0 Å². The Kier molecular flexibility index (Phi) is 4.92. The average molecular weight is 388 g/mol. The van der Waals surface area contributed by atoms with Gasteiger partial charge in [0.1, 0.15) is 0 Å². The van der Waals surface area contributed by atoms with Crippen LogP contribution >= 0.6 is 0 Å². The number of fused-ring (bicyclic) bond motifs is 2. The van der Waals surface area contributed by atoms with Gasteiger partial charge in [-0.2, -0.15) is 5.10 Å². The second-order valence-corrected chi connectivity index (χ2v) is 7.47. The lowest BCUT2D eigenvalue weighted by Gasteiger charge is -2.13. The topological polar surface area (TPSA) is 68.9 Å². The van der Waals surface area contributed by atoms with E-state index in [0.717, 1.165) is 23.9 Å². The zero-order valence-electron chi connectivity index (χ0n) is 16.8. The van der Waals surface area contributed by atoms with E-state index in [1.165, 1.54) is 4.68 Å². The Morgan fingerprint density at radius 2 is 1.86 bits per heavy atom. The molecule has 4 rings (SSSR count). The summed E-state index contributed by atoms with van der Waals surface area (Å²) in [6.07, 6.45) is 3.12. The molecule has 1 N–H and O–H groups in total. The molecule has 6 heteroatoms. The molecule has 29 heavy (non-hydrogen) atoms. The Hall–Kier alpha value is -3.41. The molecule has 1 amide bonds. The highest BCUT2D eigenvalue weighted by Crippen LogP contribution is 2.22. The number of nitrogens with zero attached hydrogens (tertiary/aromatic N) is 3. The molecule has 0 atom stereocenters. The summed E-state index contributed by atoms with van der Waals surface area (Å²) in [6.45, 7) is 6.86. The number of amides is 1. The molecule has 2 aromatic heterocycles. The van der Waals surface area contributed by atoms with Crippen molar-refractivity contribution in [3.05, 3.63) is 70.8 Å². The lowest BCUT2D eigenvalue weighted by molar-refractivity contribution is 0.102. The normalized spacial score (nSPS) is 11.4. The van der Waals surface area contributed by atoms with Crippen LogP contribution in [0.4, 0.5) is 5.69 Å². The molecule has 0 saturated carbocycles. The molecular weight excluding hydrogens is 364 g/mol. The van der Waals surface area contributed by atoms with E-state index >= 15 is 0 Å². The molecule has 0 bridgehead atoms. The van der Waals surface area contributed by atoms with Crippen LogP contribution in [0.15, 0.2) is 59.5 Å². The number of carbonyl (C=O) groups excluding carboxylic acids is 1. The van der Waals surface area contributed by atoms with Crippen LogP contribution in [-0.4, -0.2) is 20.3 Å². The van der Waals surface area contributed by atoms with Gasteiger partial charge < -0.3 is 9.88 Å². The van der Waals surface area contributed by atoms with Gasteiger partial charge in [0.15, 0.2) is 5.69 Å². The molecule has 0 aliphatic carbocycles. The lowest BCUT2D eigenvalue weighted by atomic mass is 10.1. The van der Waals surface area contributed by atoms with Crippen molar-refractivity contribution in [3.8, 4) is 0 Å². The van der Waals surface area contributed by atoms with Gasteiger partial charge in [0, 0.05) is 34.7 Å². The molecule has 4 aromatic rings. The monoisotopic (exact) mass is 388 g/mol. The number of hydrogen-bond acceptors (Lipinski definition) is 3. The highest BCUT2D eigenvalue weighted by molar-refractivity contribution is 6.11. The highest BCUT2D eigenvalue weighted by Gasteiger charge is 2.18. The SMILES string of the molecule is CCCn1ccc2cc(NC(=O)c3nn(C(C)C)c(=O)c4ccccc34)ccc21. The van der Waals surface area contributed by atoms with E-state index in [9.17, 15) is 9.59 Å². The van der Waals surface area contributed by atoms with E-state index < -0.39 is 0 Å². The summed E-state index contributed by atoms with van der Waals surface area (Å²) in [5, 5.41) is 9.44. The first kappa shape index (κ1) is 18.9. The van der Waals surface area contributed by atoms with Gasteiger partial charge in [-0.1, -0.05) is 25.1 Å². The summed E-state index contributed by atoms with van der Waals surface area (Å²) in [5.41, 5.74) is 1.90. The molecule has 2 aromatic carbocycles. The largest absolute Gasteiger partial charge is 0.347 e. The molecular formula is C23H24N4O2. The summed E-state index contributed by atoms with van der Waals surface area (Å²) >= 11 is 0. The Morgan fingerprint density at radius 1 is 1.10 bits per heavy atom. The Labute approximate surface area is 168 Å². The molecule has 0 aliphatic rings. The third kappa shape index (κ3) is 3.42. The number of rotatable bonds is 5. The number of aromatic nitrogens is 3. The first-order valence-electron chi connectivity index (χ1n) is 9.91. The van der Waals surface area contributed by atoms with Crippen LogP contribution in [0.2, 0.25) is 0 Å². The fourth-order valence-electron chi connectivity index (χ4n) is 3.63. The Bertz CT molecular complexity index is 1270. The Morgan fingerprint density at radius 3 is 2.59 bits per heavy atom. The van der Waals surface area contributed by atoms with Gasteiger partial charge in [-0.3, -0.25) is 9.59 Å². The maximum absolute atomic E-state index is 13.1. The van der Waals surface area contributed by atoms with Crippen LogP contribution in [0.5, 0.6) is 0 Å². The van der Waals surface area contributed by atoms with Gasteiger partial charge in [0.25, 0.3) is 11.5 Å². The van der Waals surface area contributed by atoms with Crippen LogP contribution in [0.3, 0.4) is 0 Å². The van der Waals surface area contributed by atoms with Crippen LogP contribution in [-0.2, 0) is 6.54 Å². The molecule has 0 unspecified atom stereocenters. The van der Waals surface area contributed by atoms with Gasteiger partial charge in [0.05, 0.1) is 11.4 Å². The first-order chi connectivity index (χ1) is 14.0. The first-order valence-corrected chi connectivity index (χ1v) is 9.91. The zero-order chi connectivity index (χ0) is 20.5. The minimum atomic E-state index is -0.331. The maximum Gasteiger partial charge on any atom is 0.276 e. The van der Waals surface area contributed by atoms with Crippen molar-refractivity contribution < 1.29 is 4.79 Å². The van der Waals surface area contributed by atoms with Crippen molar-refractivity contribution in [2.45, 2.75) is 39.8 Å². The minimum absolute atomic E-state index is 0.145. The maximum atomic E-state index is 13.1. The lowest BCUT2D eigenvalue weighted by Crippen LogP contribution is -2.28. The smallest absolute Gasteiger partial charge is 0.276 e. The molecule has 0 radical (unpaired) electrons. The number of carbonyl (C=O) groups is 1. The van der Waals surface area contributed by atoms with E-state index in [1.54, 1.807) is 18.2 Å². The van der Waals surface area contributed by atoms with Crippen molar-refractivity contribution in [1.82, 2.24) is 14.3 Å². The summed E-state index contributed by atoms with van der Waals surface area (Å²) in [5.74, 6) is -0.331. The van der Waals surface area contributed by atoms with Crippen LogP contribution in [0, 0.1) is 0 Å². The number of nitrogens with one attached hydrogen (secondary N) is 1. The summed E-state index contributed by atoms with van der Waals surface area (Å²) in [6, 6.07) is 14.9. The fraction of sp³-hybridized carbons (Fsp3) is 0.261. The van der Waals surface area contributed by atoms with Gasteiger partial charge in [-0.15, -0.1) is 0 Å². The van der Waals surface area contributed by atoms with Crippen molar-refractivity contribution >= 4 is 33.3 Å². The number of anilines is 1. The number of hydrogen-bond donors (Lipinski definition) is 1. The second kappa shape index (κ2) is 7.54. The minimum Gasteiger partial charge on any atom is -0.347 e. The van der Waals surface area contributed by atoms with Crippen LogP contribution in [0.1, 0.15) is 43.7 Å². The summed E-state index contributed by atoms with van der Waals surface area (Å²) in [7, 11) is 0. The Balaban J connectivity index is 1.73. The van der Waals surface area contributed by atoms with Gasteiger partial charge >= 0.3 is 0 Å². The van der Waals surface area contributed by atoms with Crippen molar-refractivity contribution in [2.24, 2.45) is 0 Å². The quantitative estimate of drug-likeness (QED) is 0.543. The molecule has 0 aliphatic heterocycles. The third-order valence-corrected chi connectivity index (χ3v) is 5.03. The van der Waals surface area contributed by atoms with E-state index in [1.807, 2.05) is 44.2 Å². The summed E-state index contributed by atoms with van der Waals surface area (Å²) in [4.78, 5) is 25.7. The number of benzene rings is 2. The van der Waals surface area contributed by atoms with E-state index in [-0.39, 0.29) is 23.2 Å². The molecule has 2 heterocycles.